The highest BCUT2D eigenvalue weighted by Crippen LogP contribution is 2.15. The third kappa shape index (κ3) is 3.80. The van der Waals surface area contributed by atoms with Crippen LogP contribution in [0.5, 0.6) is 0 Å². The summed E-state index contributed by atoms with van der Waals surface area (Å²) in [5.41, 5.74) is 10.8. The zero-order valence-corrected chi connectivity index (χ0v) is 13.5. The van der Waals surface area contributed by atoms with Crippen molar-refractivity contribution in [1.82, 2.24) is 25.8 Å². The highest BCUT2D eigenvalue weighted by atomic mass is 32.2. The second-order valence-electron chi connectivity index (χ2n) is 4.42. The summed E-state index contributed by atoms with van der Waals surface area (Å²) in [6.45, 7) is 1.63. The van der Waals surface area contributed by atoms with Crippen LogP contribution in [0.15, 0.2) is 29.2 Å². The Morgan fingerprint density at radius 1 is 1.26 bits per heavy atom. The van der Waals surface area contributed by atoms with Gasteiger partial charge in [-0.25, -0.2) is 18.2 Å². The first kappa shape index (κ1) is 16.8. The number of hydrogen-bond acceptors (Lipinski definition) is 6. The van der Waals surface area contributed by atoms with E-state index >= 15 is 0 Å². The fraction of sp³-hybridized carbons (Fsp3) is 0.0909. The average Bonchev–Trinajstić information content (AvgIpc) is 2.86. The van der Waals surface area contributed by atoms with Crippen molar-refractivity contribution < 1.29 is 13.2 Å². The van der Waals surface area contributed by atoms with E-state index in [9.17, 15) is 13.2 Å². The van der Waals surface area contributed by atoms with Crippen LogP contribution < -0.4 is 21.7 Å². The number of amides is 1. The van der Waals surface area contributed by atoms with Gasteiger partial charge in [0.1, 0.15) is 0 Å². The topological polar surface area (TPSA) is 158 Å². The number of carbonyl (C=O) groups is 1. The lowest BCUT2D eigenvalue weighted by atomic mass is 10.3. The molecule has 10 nitrogen and oxygen atoms in total. The molecule has 0 radical (unpaired) electrons. The summed E-state index contributed by atoms with van der Waals surface area (Å²) in [5.74, 6) is -0.567. The maximum atomic E-state index is 11.9. The lowest BCUT2D eigenvalue weighted by molar-refractivity contribution is 0.0938. The Hall–Kier alpha value is -2.57. The van der Waals surface area contributed by atoms with Gasteiger partial charge in [-0.15, -0.1) is 5.10 Å². The van der Waals surface area contributed by atoms with Crippen LogP contribution in [0.3, 0.4) is 0 Å². The minimum atomic E-state index is -3.78. The highest BCUT2D eigenvalue weighted by Gasteiger charge is 2.17. The maximum Gasteiger partial charge on any atom is 0.292 e. The van der Waals surface area contributed by atoms with E-state index in [0.717, 1.165) is 0 Å². The molecular weight excluding hydrogens is 342 g/mol. The van der Waals surface area contributed by atoms with Gasteiger partial charge in [0.25, 0.3) is 5.91 Å². The summed E-state index contributed by atoms with van der Waals surface area (Å²) in [4.78, 5) is 11.9. The number of rotatable bonds is 3. The van der Waals surface area contributed by atoms with Gasteiger partial charge in [-0.1, -0.05) is 5.21 Å². The van der Waals surface area contributed by atoms with Crippen molar-refractivity contribution in [2.75, 3.05) is 0 Å². The second kappa shape index (κ2) is 6.28. The quantitative estimate of drug-likeness (QED) is 0.391. The number of nitrogens with zero attached hydrogens (tertiary/aromatic N) is 3. The fourth-order valence-corrected chi connectivity index (χ4v) is 2.31. The van der Waals surface area contributed by atoms with Crippen molar-refractivity contribution in [3.05, 3.63) is 35.7 Å². The average molecular weight is 355 g/mol. The number of hydrogen-bond donors (Lipinski definition) is 4. The molecule has 0 fully saturated rings. The predicted molar refractivity (Wildman–Crippen MR) is 84.9 cm³/mol. The molecule has 0 aliphatic rings. The Bertz CT molecular complexity index is 858. The number of primary sulfonamides is 1. The van der Waals surface area contributed by atoms with Crippen molar-refractivity contribution in [1.29, 1.82) is 0 Å². The molecule has 0 saturated carbocycles. The number of thiocarbonyl (C=S) groups is 1. The van der Waals surface area contributed by atoms with E-state index in [-0.39, 0.29) is 15.7 Å². The molecule has 1 heterocycles. The van der Waals surface area contributed by atoms with E-state index in [1.807, 2.05) is 0 Å². The van der Waals surface area contributed by atoms with Gasteiger partial charge in [-0.2, -0.15) is 0 Å². The molecule has 0 unspecified atom stereocenters. The first-order chi connectivity index (χ1) is 10.7. The number of hydrazine groups is 1. The standard InChI is InChI=1S/C11H13N7O3S2/c1-6-9(10(19)15-16-11(12)22)14-17-18(6)7-2-4-8(5-3-7)23(13,20)21/h2-5H,1H3,(H,15,19)(H3,12,16,22)(H2,13,20,21). The number of nitrogens with two attached hydrogens (primary N) is 2. The molecule has 6 N–H and O–H groups in total. The molecule has 0 saturated heterocycles. The van der Waals surface area contributed by atoms with E-state index in [1.165, 1.54) is 28.9 Å². The predicted octanol–water partition coefficient (Wildman–Crippen LogP) is -1.30. The Morgan fingerprint density at radius 2 is 1.87 bits per heavy atom. The summed E-state index contributed by atoms with van der Waals surface area (Å²) in [6.07, 6.45) is 0. The third-order valence-corrected chi connectivity index (χ3v) is 3.85. The molecule has 1 aromatic heterocycles. The molecule has 2 aromatic rings. The number of benzene rings is 1. The Kier molecular flexibility index (Phi) is 4.58. The largest absolute Gasteiger partial charge is 0.375 e. The van der Waals surface area contributed by atoms with E-state index < -0.39 is 15.9 Å². The van der Waals surface area contributed by atoms with E-state index in [4.69, 9.17) is 10.9 Å². The monoisotopic (exact) mass is 355 g/mol. The fourth-order valence-electron chi connectivity index (χ4n) is 1.74. The van der Waals surface area contributed by atoms with Gasteiger partial charge in [-0.05, 0) is 43.4 Å². The van der Waals surface area contributed by atoms with Gasteiger partial charge in [0.2, 0.25) is 10.0 Å². The van der Waals surface area contributed by atoms with Gasteiger partial charge in [0.15, 0.2) is 10.8 Å². The molecular formula is C11H13N7O3S2. The summed E-state index contributed by atoms with van der Waals surface area (Å²) in [5, 5.41) is 12.6. The molecule has 0 atom stereocenters. The van der Waals surface area contributed by atoms with Crippen molar-refractivity contribution in [2.24, 2.45) is 10.9 Å². The second-order valence-corrected chi connectivity index (χ2v) is 6.42. The minimum Gasteiger partial charge on any atom is -0.375 e. The Labute approximate surface area is 136 Å². The first-order valence-electron chi connectivity index (χ1n) is 6.11. The molecule has 0 aliphatic carbocycles. The molecule has 122 valence electrons. The molecule has 2 rings (SSSR count). The van der Waals surface area contributed by atoms with Crippen molar-refractivity contribution in [3.63, 3.8) is 0 Å². The highest BCUT2D eigenvalue weighted by molar-refractivity contribution is 7.89. The molecule has 0 bridgehead atoms. The van der Waals surface area contributed by atoms with Crippen LogP contribution in [-0.4, -0.2) is 34.4 Å². The summed E-state index contributed by atoms with van der Waals surface area (Å²) < 4.78 is 23.8. The van der Waals surface area contributed by atoms with E-state index in [0.29, 0.717) is 11.4 Å². The van der Waals surface area contributed by atoms with Gasteiger partial charge in [-0.3, -0.25) is 15.6 Å². The first-order valence-corrected chi connectivity index (χ1v) is 8.07. The van der Waals surface area contributed by atoms with Gasteiger partial charge >= 0.3 is 0 Å². The summed E-state index contributed by atoms with van der Waals surface area (Å²) in [6, 6.07) is 5.66. The molecule has 0 aliphatic heterocycles. The number of nitrogens with one attached hydrogen (secondary N) is 2. The van der Waals surface area contributed by atoms with Crippen LogP contribution in [0.2, 0.25) is 0 Å². The zero-order valence-electron chi connectivity index (χ0n) is 11.8. The number of sulfonamides is 1. The smallest absolute Gasteiger partial charge is 0.292 e. The van der Waals surface area contributed by atoms with Crippen LogP contribution in [0.4, 0.5) is 0 Å². The Balaban J connectivity index is 2.28. The minimum absolute atomic E-state index is 0.0300. The molecule has 12 heteroatoms. The normalized spacial score (nSPS) is 11.0. The van der Waals surface area contributed by atoms with Gasteiger partial charge in [0, 0.05) is 0 Å². The zero-order chi connectivity index (χ0) is 17.2. The van der Waals surface area contributed by atoms with E-state index in [1.54, 1.807) is 6.92 Å². The van der Waals surface area contributed by atoms with Crippen LogP contribution in [0, 0.1) is 6.92 Å². The molecule has 23 heavy (non-hydrogen) atoms. The SMILES string of the molecule is Cc1c(C(=O)NNC(N)=S)nnn1-c1ccc(S(N)(=O)=O)cc1. The maximum absolute atomic E-state index is 11.9. The van der Waals surface area contributed by atoms with Gasteiger partial charge in [0.05, 0.1) is 16.3 Å². The molecule has 1 aromatic carbocycles. The van der Waals surface area contributed by atoms with Crippen LogP contribution in [0.1, 0.15) is 16.2 Å². The van der Waals surface area contributed by atoms with Crippen molar-refractivity contribution >= 4 is 33.3 Å². The van der Waals surface area contributed by atoms with Crippen molar-refractivity contribution in [3.8, 4) is 5.69 Å². The summed E-state index contributed by atoms with van der Waals surface area (Å²) >= 11 is 4.57. The van der Waals surface area contributed by atoms with Crippen LogP contribution in [-0.2, 0) is 10.0 Å². The summed E-state index contributed by atoms with van der Waals surface area (Å²) in [7, 11) is -3.78. The van der Waals surface area contributed by atoms with Crippen LogP contribution in [0.25, 0.3) is 5.69 Å². The van der Waals surface area contributed by atoms with Gasteiger partial charge < -0.3 is 5.73 Å². The lowest BCUT2D eigenvalue weighted by Crippen LogP contribution is -2.44. The third-order valence-electron chi connectivity index (χ3n) is 2.82. The Morgan fingerprint density at radius 3 is 2.39 bits per heavy atom. The molecule has 1 amide bonds. The lowest BCUT2D eigenvalue weighted by Gasteiger charge is -2.06. The van der Waals surface area contributed by atoms with E-state index in [2.05, 4.69) is 33.4 Å². The molecule has 0 spiro atoms. The number of carbonyl (C=O) groups excluding carboxylic acids is 1. The number of aromatic nitrogens is 3. The van der Waals surface area contributed by atoms with Crippen LogP contribution >= 0.6 is 12.2 Å². The van der Waals surface area contributed by atoms with Crippen molar-refractivity contribution in [2.45, 2.75) is 11.8 Å².